The predicted octanol–water partition coefficient (Wildman–Crippen LogP) is 1.40. The second kappa shape index (κ2) is 7.77. The molecule has 24 heavy (non-hydrogen) atoms. The van der Waals surface area contributed by atoms with Crippen molar-refractivity contribution < 1.29 is 14.3 Å². The normalized spacial score (nSPS) is 22.2. The van der Waals surface area contributed by atoms with Crippen molar-refractivity contribution >= 4 is 17.5 Å². The minimum Gasteiger partial charge on any atom is -0.497 e. The summed E-state index contributed by atoms with van der Waals surface area (Å²) in [6.07, 6.45) is 4.05. The largest absolute Gasteiger partial charge is 0.497 e. The summed E-state index contributed by atoms with van der Waals surface area (Å²) in [6, 6.07) is 6.58. The molecule has 6 heteroatoms. The molecule has 0 spiro atoms. The number of hydrogen-bond acceptors (Lipinski definition) is 5. The lowest BCUT2D eigenvalue weighted by Gasteiger charge is -2.26. The van der Waals surface area contributed by atoms with Crippen molar-refractivity contribution in [3.8, 4) is 5.75 Å². The lowest BCUT2D eigenvalue weighted by atomic mass is 10.1. The molecule has 1 atom stereocenters. The Kier molecular flexibility index (Phi) is 5.48. The molecule has 2 heterocycles. The van der Waals surface area contributed by atoms with Crippen LogP contribution in [0.3, 0.4) is 0 Å². The van der Waals surface area contributed by atoms with Crippen LogP contribution in [0.2, 0.25) is 0 Å². The van der Waals surface area contributed by atoms with E-state index in [4.69, 9.17) is 4.74 Å². The number of benzene rings is 1. The summed E-state index contributed by atoms with van der Waals surface area (Å²) >= 11 is 0. The van der Waals surface area contributed by atoms with Gasteiger partial charge in [0.25, 0.3) is 5.91 Å². The van der Waals surface area contributed by atoms with Gasteiger partial charge in [-0.15, -0.1) is 0 Å². The minimum absolute atomic E-state index is 0.152. The Bertz CT molecular complexity index is 582. The number of carbonyl (C=O) groups excluding carboxylic acids is 2. The molecule has 0 aliphatic carbocycles. The van der Waals surface area contributed by atoms with Gasteiger partial charge in [0.2, 0.25) is 5.91 Å². The number of amides is 2. The van der Waals surface area contributed by atoms with Gasteiger partial charge in [-0.3, -0.25) is 9.59 Å². The predicted molar refractivity (Wildman–Crippen MR) is 92.2 cm³/mol. The maximum atomic E-state index is 12.6. The molecule has 1 aromatic carbocycles. The Labute approximate surface area is 142 Å². The summed E-state index contributed by atoms with van der Waals surface area (Å²) in [5, 5.41) is 3.25. The van der Waals surface area contributed by atoms with Crippen molar-refractivity contribution in [2.24, 2.45) is 0 Å². The smallest absolute Gasteiger partial charge is 0.251 e. The zero-order chi connectivity index (χ0) is 16.9. The van der Waals surface area contributed by atoms with Gasteiger partial charge in [0.1, 0.15) is 5.75 Å². The van der Waals surface area contributed by atoms with Crippen LogP contribution in [0.1, 0.15) is 25.7 Å². The van der Waals surface area contributed by atoms with E-state index in [2.05, 4.69) is 10.2 Å². The molecule has 6 nitrogen and oxygen atoms in total. The third-order valence-corrected chi connectivity index (χ3v) is 4.74. The summed E-state index contributed by atoms with van der Waals surface area (Å²) in [6.45, 7) is 3.94. The molecule has 0 radical (unpaired) electrons. The van der Waals surface area contributed by atoms with E-state index in [1.54, 1.807) is 31.4 Å². The van der Waals surface area contributed by atoms with Gasteiger partial charge in [-0.25, -0.2) is 4.90 Å². The number of nitrogens with one attached hydrogen (secondary N) is 1. The monoisotopic (exact) mass is 331 g/mol. The molecule has 0 saturated carbocycles. The van der Waals surface area contributed by atoms with Crippen LogP contribution >= 0.6 is 0 Å². The first-order valence-corrected chi connectivity index (χ1v) is 8.65. The third-order valence-electron chi connectivity index (χ3n) is 4.74. The number of piperidine rings is 1. The minimum atomic E-state index is -0.413. The van der Waals surface area contributed by atoms with Crippen molar-refractivity contribution in [3.63, 3.8) is 0 Å². The first-order valence-electron chi connectivity index (χ1n) is 8.65. The first-order chi connectivity index (χ1) is 11.7. The van der Waals surface area contributed by atoms with Crippen LogP contribution < -0.4 is 15.0 Å². The zero-order valence-electron chi connectivity index (χ0n) is 14.2. The molecule has 0 aromatic heterocycles. The highest BCUT2D eigenvalue weighted by Gasteiger charge is 2.39. The second-order valence-electron chi connectivity index (χ2n) is 6.38. The summed E-state index contributed by atoms with van der Waals surface area (Å²) in [5.74, 6) is 0.388. The first kappa shape index (κ1) is 16.9. The number of rotatable bonds is 6. The van der Waals surface area contributed by atoms with E-state index in [-0.39, 0.29) is 18.2 Å². The number of imide groups is 1. The molecular formula is C18H25N3O3. The van der Waals surface area contributed by atoms with Crippen molar-refractivity contribution in [2.45, 2.75) is 31.7 Å². The van der Waals surface area contributed by atoms with Crippen molar-refractivity contribution in [3.05, 3.63) is 24.3 Å². The SMILES string of the molecule is COc1ccc(N2C(=O)C[C@H](NCCN3CCCCC3)C2=O)cc1. The van der Waals surface area contributed by atoms with E-state index >= 15 is 0 Å². The standard InChI is InChI=1S/C18H25N3O3/c1-24-15-7-5-14(6-8-15)21-17(22)13-16(18(21)23)19-9-12-20-10-3-2-4-11-20/h5-8,16,19H,2-4,9-13H2,1H3/t16-/m0/s1. The van der Waals surface area contributed by atoms with E-state index in [9.17, 15) is 9.59 Å². The van der Waals surface area contributed by atoms with Crippen LogP contribution in [0.15, 0.2) is 24.3 Å². The lowest BCUT2D eigenvalue weighted by molar-refractivity contribution is -0.121. The van der Waals surface area contributed by atoms with Gasteiger partial charge >= 0.3 is 0 Å². The Morgan fingerprint density at radius 2 is 1.83 bits per heavy atom. The number of ether oxygens (including phenoxy) is 1. The average molecular weight is 331 g/mol. The fraction of sp³-hybridized carbons (Fsp3) is 0.556. The summed E-state index contributed by atoms with van der Waals surface area (Å²) in [4.78, 5) is 28.5. The topological polar surface area (TPSA) is 61.9 Å². The van der Waals surface area contributed by atoms with E-state index in [1.807, 2.05) is 0 Å². The molecule has 1 aromatic rings. The number of likely N-dealkylation sites (tertiary alicyclic amines) is 1. The molecule has 0 unspecified atom stereocenters. The van der Waals surface area contributed by atoms with E-state index in [1.165, 1.54) is 24.2 Å². The summed E-state index contributed by atoms with van der Waals surface area (Å²) < 4.78 is 5.11. The molecule has 130 valence electrons. The highest BCUT2D eigenvalue weighted by atomic mass is 16.5. The van der Waals surface area contributed by atoms with Crippen molar-refractivity contribution in [1.29, 1.82) is 0 Å². The Hall–Kier alpha value is -1.92. The molecule has 0 bridgehead atoms. The van der Waals surface area contributed by atoms with Gasteiger partial charge in [0, 0.05) is 13.1 Å². The zero-order valence-corrected chi connectivity index (χ0v) is 14.2. The van der Waals surface area contributed by atoms with Gasteiger partial charge in [-0.05, 0) is 50.2 Å². The Morgan fingerprint density at radius 1 is 1.12 bits per heavy atom. The maximum absolute atomic E-state index is 12.6. The van der Waals surface area contributed by atoms with Crippen molar-refractivity contribution in [1.82, 2.24) is 10.2 Å². The fourth-order valence-corrected chi connectivity index (χ4v) is 3.37. The van der Waals surface area contributed by atoms with Crippen LogP contribution in [0, 0.1) is 0 Å². The van der Waals surface area contributed by atoms with Crippen LogP contribution in [-0.4, -0.2) is 56.0 Å². The van der Waals surface area contributed by atoms with E-state index in [0.717, 1.165) is 26.2 Å². The number of methoxy groups -OCH3 is 1. The molecule has 1 N–H and O–H groups in total. The Morgan fingerprint density at radius 3 is 2.50 bits per heavy atom. The summed E-state index contributed by atoms with van der Waals surface area (Å²) in [7, 11) is 1.59. The molecule has 2 saturated heterocycles. The van der Waals surface area contributed by atoms with Crippen LogP contribution in [0.5, 0.6) is 5.75 Å². The number of nitrogens with zero attached hydrogens (tertiary/aromatic N) is 2. The number of carbonyl (C=O) groups is 2. The fourth-order valence-electron chi connectivity index (χ4n) is 3.37. The third kappa shape index (κ3) is 3.76. The molecule has 2 amide bonds. The highest BCUT2D eigenvalue weighted by Crippen LogP contribution is 2.25. The van der Waals surface area contributed by atoms with Gasteiger partial charge in [0.15, 0.2) is 0 Å². The lowest BCUT2D eigenvalue weighted by Crippen LogP contribution is -2.43. The molecular weight excluding hydrogens is 306 g/mol. The molecule has 2 aliphatic rings. The van der Waals surface area contributed by atoms with Crippen LogP contribution in [-0.2, 0) is 9.59 Å². The molecule has 2 fully saturated rings. The number of hydrogen-bond donors (Lipinski definition) is 1. The van der Waals surface area contributed by atoms with E-state index in [0.29, 0.717) is 11.4 Å². The Balaban J connectivity index is 1.54. The molecule has 2 aliphatic heterocycles. The van der Waals surface area contributed by atoms with Crippen LogP contribution in [0.25, 0.3) is 0 Å². The maximum Gasteiger partial charge on any atom is 0.251 e. The van der Waals surface area contributed by atoms with Gasteiger partial charge in [-0.1, -0.05) is 6.42 Å². The van der Waals surface area contributed by atoms with Crippen LogP contribution in [0.4, 0.5) is 5.69 Å². The molecule has 3 rings (SSSR count). The van der Waals surface area contributed by atoms with Gasteiger partial charge in [0.05, 0.1) is 25.3 Å². The van der Waals surface area contributed by atoms with E-state index < -0.39 is 6.04 Å². The quantitative estimate of drug-likeness (QED) is 0.799. The number of anilines is 1. The van der Waals surface area contributed by atoms with Crippen molar-refractivity contribution in [2.75, 3.05) is 38.2 Å². The highest BCUT2D eigenvalue weighted by molar-refractivity contribution is 6.22. The summed E-state index contributed by atoms with van der Waals surface area (Å²) in [5.41, 5.74) is 0.603. The van der Waals surface area contributed by atoms with Gasteiger partial charge in [-0.2, -0.15) is 0 Å². The second-order valence-corrected chi connectivity index (χ2v) is 6.38. The average Bonchev–Trinajstić information content (AvgIpc) is 2.90. The van der Waals surface area contributed by atoms with Gasteiger partial charge < -0.3 is 15.0 Å².